The molecule has 0 aromatic carbocycles. The van der Waals surface area contributed by atoms with E-state index in [1.807, 2.05) is 0 Å². The standard InChI is InChI=1S/C11H12F3IN2O3/c1-2-19-9(18)3-7-6(4-16)10(15)8(5-17-7)20-11(12,13)14/h5H,2-4,16H2,1H3. The molecule has 1 rings (SSSR count). The van der Waals surface area contributed by atoms with Crippen molar-refractivity contribution in [2.75, 3.05) is 6.61 Å². The van der Waals surface area contributed by atoms with E-state index in [9.17, 15) is 18.0 Å². The van der Waals surface area contributed by atoms with Crippen molar-refractivity contribution in [3.63, 3.8) is 0 Å². The van der Waals surface area contributed by atoms with Crippen LogP contribution in [-0.2, 0) is 22.5 Å². The van der Waals surface area contributed by atoms with Gasteiger partial charge in [-0.3, -0.25) is 9.78 Å². The van der Waals surface area contributed by atoms with Gasteiger partial charge in [-0.15, -0.1) is 13.2 Å². The number of carbonyl (C=O) groups is 1. The third-order valence-electron chi connectivity index (χ3n) is 2.21. The van der Waals surface area contributed by atoms with Crippen molar-refractivity contribution >= 4 is 28.6 Å². The first kappa shape index (κ1) is 17.0. The molecule has 20 heavy (non-hydrogen) atoms. The molecule has 0 radical (unpaired) electrons. The summed E-state index contributed by atoms with van der Waals surface area (Å²) in [4.78, 5) is 15.2. The van der Waals surface area contributed by atoms with E-state index >= 15 is 0 Å². The fraction of sp³-hybridized carbons (Fsp3) is 0.455. The number of pyridine rings is 1. The Kier molecular flexibility index (Phi) is 5.99. The Morgan fingerprint density at radius 2 is 2.15 bits per heavy atom. The first-order valence-electron chi connectivity index (χ1n) is 5.56. The molecule has 0 unspecified atom stereocenters. The van der Waals surface area contributed by atoms with Crippen LogP contribution >= 0.6 is 22.6 Å². The number of carbonyl (C=O) groups excluding carboxylic acids is 1. The average molecular weight is 404 g/mol. The number of halogens is 4. The van der Waals surface area contributed by atoms with E-state index in [0.717, 1.165) is 6.20 Å². The minimum absolute atomic E-state index is 0.0604. The zero-order chi connectivity index (χ0) is 15.3. The van der Waals surface area contributed by atoms with Gasteiger partial charge in [0.2, 0.25) is 0 Å². The molecule has 0 spiro atoms. The molecule has 0 aliphatic rings. The summed E-state index contributed by atoms with van der Waals surface area (Å²) in [5.41, 5.74) is 6.12. The van der Waals surface area contributed by atoms with Gasteiger partial charge in [-0.05, 0) is 29.5 Å². The lowest BCUT2D eigenvalue weighted by molar-refractivity contribution is -0.275. The van der Waals surface area contributed by atoms with Gasteiger partial charge in [0.15, 0.2) is 5.75 Å². The lowest BCUT2D eigenvalue weighted by Gasteiger charge is -2.14. The van der Waals surface area contributed by atoms with Gasteiger partial charge in [0, 0.05) is 12.1 Å². The molecule has 0 fully saturated rings. The minimum atomic E-state index is -4.81. The molecular weight excluding hydrogens is 392 g/mol. The number of aromatic nitrogens is 1. The number of nitrogens with zero attached hydrogens (tertiary/aromatic N) is 1. The van der Waals surface area contributed by atoms with Crippen molar-refractivity contribution in [2.45, 2.75) is 26.3 Å². The summed E-state index contributed by atoms with van der Waals surface area (Å²) in [5, 5.41) is 0. The Morgan fingerprint density at radius 3 is 2.65 bits per heavy atom. The van der Waals surface area contributed by atoms with Gasteiger partial charge >= 0.3 is 12.3 Å². The molecule has 112 valence electrons. The van der Waals surface area contributed by atoms with Crippen LogP contribution < -0.4 is 10.5 Å². The molecule has 0 saturated carbocycles. The predicted molar refractivity (Wildman–Crippen MR) is 71.9 cm³/mol. The summed E-state index contributed by atoms with van der Waals surface area (Å²) < 4.78 is 45.4. The maximum atomic E-state index is 12.2. The van der Waals surface area contributed by atoms with Gasteiger partial charge < -0.3 is 15.2 Å². The van der Waals surface area contributed by atoms with Crippen molar-refractivity contribution < 1.29 is 27.4 Å². The number of nitrogens with two attached hydrogens (primary N) is 1. The van der Waals surface area contributed by atoms with Crippen LogP contribution in [0.5, 0.6) is 5.75 Å². The average Bonchev–Trinajstić information content (AvgIpc) is 2.32. The lowest BCUT2D eigenvalue weighted by atomic mass is 10.1. The molecule has 0 saturated heterocycles. The molecule has 0 bridgehead atoms. The molecule has 2 N–H and O–H groups in total. The van der Waals surface area contributed by atoms with Crippen molar-refractivity contribution in [2.24, 2.45) is 5.73 Å². The van der Waals surface area contributed by atoms with Crippen molar-refractivity contribution in [1.82, 2.24) is 4.98 Å². The van der Waals surface area contributed by atoms with Crippen LogP contribution in [0.4, 0.5) is 13.2 Å². The summed E-state index contributed by atoms with van der Waals surface area (Å²) in [7, 11) is 0. The van der Waals surface area contributed by atoms with Gasteiger partial charge in [0.05, 0.1) is 28.5 Å². The second kappa shape index (κ2) is 7.07. The van der Waals surface area contributed by atoms with E-state index in [4.69, 9.17) is 10.5 Å². The van der Waals surface area contributed by atoms with Gasteiger partial charge in [0.1, 0.15) is 0 Å². The van der Waals surface area contributed by atoms with Crippen LogP contribution in [-0.4, -0.2) is 23.9 Å². The van der Waals surface area contributed by atoms with Gasteiger partial charge in [-0.1, -0.05) is 0 Å². The van der Waals surface area contributed by atoms with E-state index in [2.05, 4.69) is 9.72 Å². The number of rotatable bonds is 5. The molecular formula is C11H12F3IN2O3. The van der Waals surface area contributed by atoms with Gasteiger partial charge in [-0.25, -0.2) is 0 Å². The highest BCUT2D eigenvalue weighted by Crippen LogP contribution is 2.30. The number of alkyl halides is 3. The normalized spacial score (nSPS) is 11.3. The number of hydrogen-bond donors (Lipinski definition) is 1. The third kappa shape index (κ3) is 4.78. The van der Waals surface area contributed by atoms with Crippen LogP contribution in [0.25, 0.3) is 0 Å². The Morgan fingerprint density at radius 1 is 1.50 bits per heavy atom. The highest BCUT2D eigenvalue weighted by Gasteiger charge is 2.33. The first-order chi connectivity index (χ1) is 9.28. The van der Waals surface area contributed by atoms with Crippen LogP contribution in [0.15, 0.2) is 6.20 Å². The van der Waals surface area contributed by atoms with Crippen LogP contribution in [0.2, 0.25) is 0 Å². The van der Waals surface area contributed by atoms with Crippen molar-refractivity contribution in [3.05, 3.63) is 21.0 Å². The Bertz CT molecular complexity index is 495. The highest BCUT2D eigenvalue weighted by molar-refractivity contribution is 14.1. The van der Waals surface area contributed by atoms with Crippen molar-refractivity contribution in [1.29, 1.82) is 0 Å². The van der Waals surface area contributed by atoms with E-state index in [-0.39, 0.29) is 28.8 Å². The summed E-state index contributed by atoms with van der Waals surface area (Å²) in [6, 6.07) is 0. The molecule has 0 aliphatic heterocycles. The molecule has 9 heteroatoms. The molecule has 0 amide bonds. The molecule has 0 atom stereocenters. The fourth-order valence-electron chi connectivity index (χ4n) is 1.45. The molecule has 5 nitrogen and oxygen atoms in total. The van der Waals surface area contributed by atoms with Crippen LogP contribution in [0, 0.1) is 3.57 Å². The van der Waals surface area contributed by atoms with Crippen LogP contribution in [0.3, 0.4) is 0 Å². The summed E-state index contributed by atoms with van der Waals surface area (Å²) >= 11 is 1.68. The smallest absolute Gasteiger partial charge is 0.466 e. The second-order valence-electron chi connectivity index (χ2n) is 3.60. The zero-order valence-corrected chi connectivity index (χ0v) is 12.6. The SMILES string of the molecule is CCOC(=O)Cc1ncc(OC(F)(F)F)c(I)c1CN. The molecule has 1 heterocycles. The zero-order valence-electron chi connectivity index (χ0n) is 10.5. The van der Waals surface area contributed by atoms with Gasteiger partial charge in [-0.2, -0.15) is 0 Å². The predicted octanol–water partition coefficient (Wildman–Crippen LogP) is 2.15. The number of esters is 1. The van der Waals surface area contributed by atoms with E-state index in [0.29, 0.717) is 5.56 Å². The maximum Gasteiger partial charge on any atom is 0.573 e. The third-order valence-corrected chi connectivity index (χ3v) is 3.40. The number of ether oxygens (including phenoxy) is 2. The lowest BCUT2D eigenvalue weighted by Crippen LogP contribution is -2.20. The Hall–Kier alpha value is -1.10. The summed E-state index contributed by atoms with van der Waals surface area (Å²) in [6.45, 7) is 1.80. The molecule has 1 aromatic heterocycles. The number of hydrogen-bond acceptors (Lipinski definition) is 5. The second-order valence-corrected chi connectivity index (χ2v) is 4.67. The van der Waals surface area contributed by atoms with Crippen molar-refractivity contribution in [3.8, 4) is 5.75 Å². The van der Waals surface area contributed by atoms with Crippen LogP contribution in [0.1, 0.15) is 18.2 Å². The molecule has 0 aliphatic carbocycles. The molecule has 1 aromatic rings. The Balaban J connectivity index is 3.05. The Labute approximate surface area is 126 Å². The van der Waals surface area contributed by atoms with Gasteiger partial charge in [0.25, 0.3) is 0 Å². The summed E-state index contributed by atoms with van der Waals surface area (Å²) in [6.07, 6.45) is -4.04. The monoisotopic (exact) mass is 404 g/mol. The van der Waals surface area contributed by atoms with E-state index in [1.165, 1.54) is 0 Å². The first-order valence-corrected chi connectivity index (χ1v) is 6.64. The fourth-order valence-corrected chi connectivity index (χ4v) is 2.23. The van der Waals surface area contributed by atoms with E-state index in [1.54, 1.807) is 29.5 Å². The topological polar surface area (TPSA) is 74.4 Å². The quantitative estimate of drug-likeness (QED) is 0.602. The maximum absolute atomic E-state index is 12.2. The highest BCUT2D eigenvalue weighted by atomic mass is 127. The summed E-state index contributed by atoms with van der Waals surface area (Å²) in [5.74, 6) is -0.957. The van der Waals surface area contributed by atoms with E-state index < -0.39 is 18.1 Å². The minimum Gasteiger partial charge on any atom is -0.466 e. The largest absolute Gasteiger partial charge is 0.573 e.